The summed E-state index contributed by atoms with van der Waals surface area (Å²) in [6.07, 6.45) is 0. The van der Waals surface area contributed by atoms with Crippen molar-refractivity contribution in [3.05, 3.63) is 34.7 Å². The lowest BCUT2D eigenvalue weighted by Gasteiger charge is -1.91. The first-order valence-corrected chi connectivity index (χ1v) is 6.52. The molecule has 1 aromatic carbocycles. The van der Waals surface area contributed by atoms with Gasteiger partial charge in [-0.2, -0.15) is 0 Å². The monoisotopic (exact) mass is 322 g/mol. The number of fused-ring (bicyclic) bond motifs is 1. The molecule has 2 nitrogen and oxygen atoms in total. The van der Waals surface area contributed by atoms with Crippen molar-refractivity contribution in [2.24, 2.45) is 0 Å². The highest BCUT2D eigenvalue weighted by molar-refractivity contribution is 9.20. The molecule has 1 aromatic rings. The summed E-state index contributed by atoms with van der Waals surface area (Å²) >= 11 is 6.15. The highest BCUT2D eigenvalue weighted by atomic mass is 79.9. The first-order chi connectivity index (χ1) is 6.05. The molecule has 1 heterocycles. The fourth-order valence-electron chi connectivity index (χ4n) is 1.19. The van der Waals surface area contributed by atoms with Crippen molar-refractivity contribution < 1.29 is 8.42 Å². The Morgan fingerprint density at radius 3 is 1.69 bits per heavy atom. The number of hydrogen-bond acceptors (Lipinski definition) is 2. The van der Waals surface area contributed by atoms with Gasteiger partial charge in [0.15, 0.2) is 0 Å². The first kappa shape index (κ1) is 9.43. The average molecular weight is 324 g/mol. The van der Waals surface area contributed by atoms with E-state index in [4.69, 9.17) is 0 Å². The molecule has 0 amide bonds. The molecular formula is C8H4Br2O2S. The van der Waals surface area contributed by atoms with Gasteiger partial charge in [0.05, 0.1) is 0 Å². The van der Waals surface area contributed by atoms with Gasteiger partial charge in [-0.3, -0.25) is 0 Å². The number of sulfone groups is 1. The van der Waals surface area contributed by atoms with E-state index >= 15 is 0 Å². The van der Waals surface area contributed by atoms with Gasteiger partial charge in [0.2, 0.25) is 9.84 Å². The number of hydrogen-bond donors (Lipinski definition) is 0. The van der Waals surface area contributed by atoms with Gasteiger partial charge in [0.1, 0.15) is 7.63 Å². The number of benzene rings is 1. The highest BCUT2D eigenvalue weighted by Gasteiger charge is 2.26. The molecule has 0 aliphatic carbocycles. The summed E-state index contributed by atoms with van der Waals surface area (Å²) < 4.78 is 23.6. The van der Waals surface area contributed by atoms with E-state index in [0.717, 1.165) is 10.4 Å². The van der Waals surface area contributed by atoms with Crippen molar-refractivity contribution in [2.75, 3.05) is 0 Å². The largest absolute Gasteiger partial charge is 0.220 e. The Hall–Kier alpha value is -0.130. The standard InChI is InChI=1S/C8H4Br2O2S/c9-7-5-3-1-2-4-6(5)8(10)13(7,11)12/h1-4H. The summed E-state index contributed by atoms with van der Waals surface area (Å²) in [5, 5.41) is 1.43. The minimum Gasteiger partial charge on any atom is -0.217 e. The quantitative estimate of drug-likeness (QED) is 0.715. The van der Waals surface area contributed by atoms with Crippen LogP contribution in [0.2, 0.25) is 0 Å². The van der Waals surface area contributed by atoms with Crippen molar-refractivity contribution in [3.8, 4) is 0 Å². The zero-order valence-electron chi connectivity index (χ0n) is 6.29. The van der Waals surface area contributed by atoms with Gasteiger partial charge in [0, 0.05) is 10.4 Å². The lowest BCUT2D eigenvalue weighted by atomic mass is 10.3. The molecule has 0 fully saturated rings. The third kappa shape index (κ3) is 1.21. The molecule has 1 aliphatic heterocycles. The summed E-state index contributed by atoms with van der Waals surface area (Å²) in [6, 6.07) is 7.15. The second-order valence-corrected chi connectivity index (χ2v) is 7.06. The Kier molecular flexibility index (Phi) is 2.13. The predicted molar refractivity (Wildman–Crippen MR) is 59.3 cm³/mol. The van der Waals surface area contributed by atoms with Gasteiger partial charge in [-0.25, -0.2) is 8.42 Å². The van der Waals surface area contributed by atoms with E-state index in [1.807, 2.05) is 0 Å². The molecule has 68 valence electrons. The molecular weight excluding hydrogens is 320 g/mol. The van der Waals surface area contributed by atoms with Crippen molar-refractivity contribution in [3.63, 3.8) is 0 Å². The Morgan fingerprint density at radius 2 is 1.31 bits per heavy atom. The Labute approximate surface area is 92.1 Å². The van der Waals surface area contributed by atoms with Crippen LogP contribution in [0.4, 0.5) is 0 Å². The van der Waals surface area contributed by atoms with Crippen LogP contribution in [0.15, 0.2) is 24.3 Å². The molecule has 0 saturated heterocycles. The molecule has 0 aromatic heterocycles. The minimum atomic E-state index is -3.30. The summed E-state index contributed by atoms with van der Waals surface area (Å²) in [5.74, 6) is 0. The summed E-state index contributed by atoms with van der Waals surface area (Å²) in [4.78, 5) is 0. The highest BCUT2D eigenvalue weighted by Crippen LogP contribution is 2.29. The fourth-order valence-corrected chi connectivity index (χ4v) is 4.60. The topological polar surface area (TPSA) is 34.1 Å². The second-order valence-electron chi connectivity index (χ2n) is 2.60. The van der Waals surface area contributed by atoms with Crippen molar-refractivity contribution in [1.29, 1.82) is 0 Å². The summed E-state index contributed by atoms with van der Waals surface area (Å²) in [7, 11) is -3.30. The van der Waals surface area contributed by atoms with E-state index in [1.54, 1.807) is 24.3 Å². The Morgan fingerprint density at radius 1 is 0.923 bits per heavy atom. The van der Waals surface area contributed by atoms with Crippen LogP contribution < -0.4 is 10.4 Å². The van der Waals surface area contributed by atoms with Crippen LogP contribution in [-0.2, 0) is 9.84 Å². The molecule has 2 rings (SSSR count). The van der Waals surface area contributed by atoms with E-state index in [2.05, 4.69) is 31.9 Å². The molecule has 13 heavy (non-hydrogen) atoms. The molecule has 0 N–H and O–H groups in total. The zero-order chi connectivity index (χ0) is 9.64. The van der Waals surface area contributed by atoms with Crippen molar-refractivity contribution >= 4 is 49.3 Å². The number of halogens is 2. The van der Waals surface area contributed by atoms with Crippen LogP contribution >= 0.6 is 31.9 Å². The zero-order valence-corrected chi connectivity index (χ0v) is 10.3. The van der Waals surface area contributed by atoms with Gasteiger partial charge in [0.25, 0.3) is 0 Å². The smallest absolute Gasteiger partial charge is 0.217 e. The third-order valence-electron chi connectivity index (χ3n) is 1.82. The van der Waals surface area contributed by atoms with E-state index in [0.29, 0.717) is 0 Å². The second kappa shape index (κ2) is 2.93. The fraction of sp³-hybridized carbons (Fsp3) is 0. The summed E-state index contributed by atoms with van der Waals surface area (Å²) in [6.45, 7) is 0. The Bertz CT molecular complexity index is 540. The molecule has 5 heteroatoms. The van der Waals surface area contributed by atoms with Gasteiger partial charge in [-0.05, 0) is 31.9 Å². The minimum absolute atomic E-state index is 0.238. The molecule has 0 unspecified atom stereocenters. The van der Waals surface area contributed by atoms with Crippen LogP contribution in [0, 0.1) is 0 Å². The van der Waals surface area contributed by atoms with Gasteiger partial charge >= 0.3 is 0 Å². The summed E-state index contributed by atoms with van der Waals surface area (Å²) in [5.41, 5.74) is 0. The maximum absolute atomic E-state index is 11.6. The van der Waals surface area contributed by atoms with E-state index in [1.165, 1.54) is 0 Å². The number of rotatable bonds is 0. The third-order valence-corrected chi connectivity index (χ3v) is 6.62. The van der Waals surface area contributed by atoms with E-state index < -0.39 is 9.84 Å². The van der Waals surface area contributed by atoms with E-state index in [-0.39, 0.29) is 7.63 Å². The van der Waals surface area contributed by atoms with Crippen molar-refractivity contribution in [1.82, 2.24) is 0 Å². The molecule has 0 radical (unpaired) electrons. The molecule has 0 spiro atoms. The molecule has 0 saturated carbocycles. The lowest BCUT2D eigenvalue weighted by molar-refractivity contribution is 0.616. The SMILES string of the molecule is O=S1(=O)C(Br)=c2ccccc2=C1Br. The maximum Gasteiger partial charge on any atom is 0.220 e. The molecule has 1 aliphatic rings. The molecule has 0 atom stereocenters. The van der Waals surface area contributed by atoms with Crippen LogP contribution in [0.1, 0.15) is 0 Å². The van der Waals surface area contributed by atoms with Crippen LogP contribution in [0.3, 0.4) is 0 Å². The van der Waals surface area contributed by atoms with Crippen LogP contribution in [0.25, 0.3) is 7.63 Å². The molecule has 0 bridgehead atoms. The first-order valence-electron chi connectivity index (χ1n) is 3.45. The normalized spacial score (nSPS) is 18.9. The van der Waals surface area contributed by atoms with Crippen molar-refractivity contribution in [2.45, 2.75) is 0 Å². The van der Waals surface area contributed by atoms with Gasteiger partial charge in [-0.15, -0.1) is 0 Å². The van der Waals surface area contributed by atoms with Gasteiger partial charge < -0.3 is 0 Å². The lowest BCUT2D eigenvalue weighted by Crippen LogP contribution is -2.21. The van der Waals surface area contributed by atoms with E-state index in [9.17, 15) is 8.42 Å². The van der Waals surface area contributed by atoms with Crippen LogP contribution in [0.5, 0.6) is 0 Å². The average Bonchev–Trinajstić information content (AvgIpc) is 2.30. The van der Waals surface area contributed by atoms with Crippen LogP contribution in [-0.4, -0.2) is 8.42 Å². The maximum atomic E-state index is 11.6. The Balaban J connectivity index is 3.17. The van der Waals surface area contributed by atoms with Gasteiger partial charge in [-0.1, -0.05) is 24.3 Å². The predicted octanol–water partition coefficient (Wildman–Crippen LogP) is 1.04.